The highest BCUT2D eigenvalue weighted by atomic mass is 35.5. The molecular formula is C19H18ClN3O3S. The van der Waals surface area contributed by atoms with E-state index in [1.54, 1.807) is 24.3 Å². The fraction of sp³-hybridized carbons (Fsp3) is 0.211. The third kappa shape index (κ3) is 4.88. The Morgan fingerprint density at radius 2 is 1.89 bits per heavy atom. The molecule has 3 rings (SSSR count). The number of nitrogens with one attached hydrogen (secondary N) is 1. The Kier molecular flexibility index (Phi) is 6.49. The molecule has 1 saturated heterocycles. The molecule has 140 valence electrons. The molecule has 2 aromatic rings. The fourth-order valence-electron chi connectivity index (χ4n) is 2.60. The van der Waals surface area contributed by atoms with Gasteiger partial charge in [-0.2, -0.15) is 0 Å². The molecule has 0 saturated carbocycles. The summed E-state index contributed by atoms with van der Waals surface area (Å²) in [7, 11) is 0. The number of halogens is 1. The summed E-state index contributed by atoms with van der Waals surface area (Å²) in [5.74, 6) is -0.556. The number of aliphatic hydroxyl groups is 1. The van der Waals surface area contributed by atoms with Crippen molar-refractivity contribution in [2.75, 3.05) is 23.4 Å². The summed E-state index contributed by atoms with van der Waals surface area (Å²) in [5, 5.41) is 12.6. The first-order chi connectivity index (χ1) is 13.1. The van der Waals surface area contributed by atoms with E-state index in [4.69, 9.17) is 16.7 Å². The summed E-state index contributed by atoms with van der Waals surface area (Å²) in [6.45, 7) is 0.104. The van der Waals surface area contributed by atoms with Crippen LogP contribution in [0.5, 0.6) is 0 Å². The van der Waals surface area contributed by atoms with Crippen molar-refractivity contribution in [2.45, 2.75) is 11.7 Å². The van der Waals surface area contributed by atoms with E-state index in [2.05, 4.69) is 10.3 Å². The topological polar surface area (TPSA) is 82.0 Å². The number of thioether (sulfide) groups is 1. The third-order valence-corrected chi connectivity index (χ3v) is 5.18. The van der Waals surface area contributed by atoms with Crippen molar-refractivity contribution in [2.24, 2.45) is 4.99 Å². The van der Waals surface area contributed by atoms with Crippen LogP contribution in [0.25, 0.3) is 0 Å². The first-order valence-corrected chi connectivity index (χ1v) is 9.60. The minimum atomic E-state index is -0.582. The van der Waals surface area contributed by atoms with Crippen LogP contribution >= 0.6 is 23.4 Å². The number of carbonyl (C=O) groups is 2. The average Bonchev–Trinajstić information content (AvgIpc) is 2.95. The molecule has 1 fully saturated rings. The van der Waals surface area contributed by atoms with Gasteiger partial charge in [-0.25, -0.2) is 4.90 Å². The lowest BCUT2D eigenvalue weighted by Gasteiger charge is -2.16. The SMILES string of the molecule is O=C1C[C@@H](SC(=NCCO)Nc2ccccc2)C(=O)N1c1ccc(Cl)cc1. The number of aliphatic hydroxyl groups excluding tert-OH is 1. The number of nitrogens with zero attached hydrogens (tertiary/aromatic N) is 2. The van der Waals surface area contributed by atoms with Gasteiger partial charge < -0.3 is 10.4 Å². The highest BCUT2D eigenvalue weighted by molar-refractivity contribution is 8.15. The Morgan fingerprint density at radius 3 is 2.56 bits per heavy atom. The number of amidine groups is 1. The Labute approximate surface area is 166 Å². The van der Waals surface area contributed by atoms with E-state index in [1.807, 2.05) is 30.3 Å². The highest BCUT2D eigenvalue weighted by Gasteiger charge is 2.40. The van der Waals surface area contributed by atoms with Gasteiger partial charge in [0, 0.05) is 17.1 Å². The molecule has 0 aliphatic carbocycles. The van der Waals surface area contributed by atoms with Gasteiger partial charge in [0.1, 0.15) is 5.25 Å². The van der Waals surface area contributed by atoms with Crippen molar-refractivity contribution in [3.63, 3.8) is 0 Å². The first-order valence-electron chi connectivity index (χ1n) is 8.35. The molecule has 1 atom stereocenters. The molecular weight excluding hydrogens is 386 g/mol. The zero-order chi connectivity index (χ0) is 19.2. The lowest BCUT2D eigenvalue weighted by Crippen LogP contribution is -2.31. The summed E-state index contributed by atoms with van der Waals surface area (Å²) in [6, 6.07) is 16.0. The Morgan fingerprint density at radius 1 is 1.19 bits per heavy atom. The number of amides is 2. The van der Waals surface area contributed by atoms with E-state index in [-0.39, 0.29) is 31.4 Å². The van der Waals surface area contributed by atoms with E-state index in [1.165, 1.54) is 16.7 Å². The molecule has 2 aromatic carbocycles. The first kappa shape index (κ1) is 19.4. The number of aliphatic imine (C=N–C) groups is 1. The van der Waals surface area contributed by atoms with Crippen LogP contribution in [-0.2, 0) is 9.59 Å². The van der Waals surface area contributed by atoms with Gasteiger partial charge in [0.05, 0.1) is 18.8 Å². The number of anilines is 2. The number of para-hydroxylation sites is 1. The van der Waals surface area contributed by atoms with Gasteiger partial charge in [-0.3, -0.25) is 14.6 Å². The summed E-state index contributed by atoms with van der Waals surface area (Å²) >= 11 is 7.07. The van der Waals surface area contributed by atoms with Crippen molar-refractivity contribution >= 4 is 51.7 Å². The second-order valence-corrected chi connectivity index (χ2v) is 7.38. The van der Waals surface area contributed by atoms with Crippen molar-refractivity contribution in [1.29, 1.82) is 0 Å². The molecule has 6 nitrogen and oxygen atoms in total. The molecule has 0 unspecified atom stereocenters. The van der Waals surface area contributed by atoms with E-state index < -0.39 is 5.25 Å². The van der Waals surface area contributed by atoms with Gasteiger partial charge in [0.15, 0.2) is 5.17 Å². The van der Waals surface area contributed by atoms with E-state index in [0.29, 0.717) is 15.9 Å². The number of carbonyl (C=O) groups excluding carboxylic acids is 2. The average molecular weight is 404 g/mol. The van der Waals surface area contributed by atoms with E-state index in [9.17, 15) is 9.59 Å². The quantitative estimate of drug-likeness (QED) is 0.455. The second-order valence-electron chi connectivity index (χ2n) is 5.76. The molecule has 2 N–H and O–H groups in total. The lowest BCUT2D eigenvalue weighted by molar-refractivity contribution is -0.121. The van der Waals surface area contributed by atoms with Gasteiger partial charge in [0.25, 0.3) is 0 Å². The maximum absolute atomic E-state index is 12.8. The Bertz CT molecular complexity index is 843. The normalized spacial score (nSPS) is 17.5. The molecule has 1 aliphatic rings. The van der Waals surface area contributed by atoms with Crippen LogP contribution in [0.4, 0.5) is 11.4 Å². The van der Waals surface area contributed by atoms with Crippen molar-refractivity contribution in [1.82, 2.24) is 0 Å². The molecule has 0 bridgehead atoms. The maximum Gasteiger partial charge on any atom is 0.247 e. The van der Waals surface area contributed by atoms with Crippen LogP contribution < -0.4 is 10.2 Å². The Balaban J connectivity index is 1.75. The maximum atomic E-state index is 12.8. The summed E-state index contributed by atoms with van der Waals surface area (Å²) < 4.78 is 0. The minimum absolute atomic E-state index is 0.0841. The second kappa shape index (κ2) is 9.03. The number of hydrogen-bond donors (Lipinski definition) is 2. The monoisotopic (exact) mass is 403 g/mol. The lowest BCUT2D eigenvalue weighted by atomic mass is 10.3. The van der Waals surface area contributed by atoms with Gasteiger partial charge in [0.2, 0.25) is 11.8 Å². The number of imide groups is 1. The van der Waals surface area contributed by atoms with Crippen LogP contribution in [0.3, 0.4) is 0 Å². The smallest absolute Gasteiger partial charge is 0.247 e. The summed E-state index contributed by atoms with van der Waals surface area (Å²) in [5.41, 5.74) is 1.32. The molecule has 1 heterocycles. The van der Waals surface area contributed by atoms with Gasteiger partial charge in [-0.15, -0.1) is 0 Å². The van der Waals surface area contributed by atoms with Crippen molar-refractivity contribution in [3.8, 4) is 0 Å². The van der Waals surface area contributed by atoms with E-state index >= 15 is 0 Å². The van der Waals surface area contributed by atoms with Crippen LogP contribution in [0.2, 0.25) is 5.02 Å². The highest BCUT2D eigenvalue weighted by Crippen LogP contribution is 2.31. The van der Waals surface area contributed by atoms with Crippen molar-refractivity contribution in [3.05, 3.63) is 59.6 Å². The minimum Gasteiger partial charge on any atom is -0.394 e. The number of hydrogen-bond acceptors (Lipinski definition) is 5. The molecule has 0 aromatic heterocycles. The molecule has 8 heteroatoms. The molecule has 0 spiro atoms. The predicted octanol–water partition coefficient (Wildman–Crippen LogP) is 3.17. The summed E-state index contributed by atoms with van der Waals surface area (Å²) in [4.78, 5) is 30.6. The Hall–Kier alpha value is -2.35. The molecule has 27 heavy (non-hydrogen) atoms. The van der Waals surface area contributed by atoms with Gasteiger partial charge in [-0.1, -0.05) is 41.6 Å². The molecule has 0 radical (unpaired) electrons. The summed E-state index contributed by atoms with van der Waals surface area (Å²) in [6.07, 6.45) is 0.0841. The fourth-order valence-corrected chi connectivity index (χ4v) is 3.77. The zero-order valence-corrected chi connectivity index (χ0v) is 15.9. The van der Waals surface area contributed by atoms with Crippen LogP contribution in [-0.4, -0.2) is 40.5 Å². The van der Waals surface area contributed by atoms with E-state index in [0.717, 1.165) is 5.69 Å². The van der Waals surface area contributed by atoms with Crippen LogP contribution in [0, 0.1) is 0 Å². The van der Waals surface area contributed by atoms with Crippen molar-refractivity contribution < 1.29 is 14.7 Å². The largest absolute Gasteiger partial charge is 0.394 e. The number of rotatable bonds is 5. The zero-order valence-electron chi connectivity index (χ0n) is 14.3. The molecule has 1 aliphatic heterocycles. The van der Waals surface area contributed by atoms with Gasteiger partial charge >= 0.3 is 0 Å². The third-order valence-electron chi connectivity index (χ3n) is 3.82. The standard InChI is InChI=1S/C19H18ClN3O3S/c20-13-6-8-15(9-7-13)23-17(25)12-16(18(23)26)27-19(21-10-11-24)22-14-4-2-1-3-5-14/h1-9,16,24H,10-12H2,(H,21,22)/t16-/m1/s1. The van der Waals surface area contributed by atoms with Crippen LogP contribution in [0.15, 0.2) is 59.6 Å². The number of benzene rings is 2. The predicted molar refractivity (Wildman–Crippen MR) is 109 cm³/mol. The molecule has 2 amide bonds. The van der Waals surface area contributed by atoms with Gasteiger partial charge in [-0.05, 0) is 36.4 Å². The van der Waals surface area contributed by atoms with Crippen LogP contribution in [0.1, 0.15) is 6.42 Å².